The van der Waals surface area contributed by atoms with Gasteiger partial charge >= 0.3 is 17.2 Å². The maximum atomic E-state index is 12.2. The lowest BCUT2D eigenvalue weighted by Gasteiger charge is -2.10. The Morgan fingerprint density at radius 3 is 2.52 bits per heavy atom. The summed E-state index contributed by atoms with van der Waals surface area (Å²) in [6, 6.07) is 13.2. The van der Waals surface area contributed by atoms with Gasteiger partial charge in [0.1, 0.15) is 23.5 Å². The summed E-state index contributed by atoms with van der Waals surface area (Å²) in [7, 11) is 0. The van der Waals surface area contributed by atoms with E-state index in [1.165, 1.54) is 23.3 Å². The Balaban J connectivity index is 1.28. The summed E-state index contributed by atoms with van der Waals surface area (Å²) < 4.78 is 21.2. The van der Waals surface area contributed by atoms with Crippen molar-refractivity contribution in [3.8, 4) is 5.75 Å². The Hall–Kier alpha value is -3.87. The van der Waals surface area contributed by atoms with Crippen LogP contribution in [0.15, 0.2) is 67.0 Å². The Morgan fingerprint density at radius 2 is 1.65 bits per heavy atom. The SMILES string of the molecule is O=C(COc1ccc2ccc(=O)oc2c1)OCc1cc(=O)oc2cc3c(cc12)CCC3. The molecule has 1 aliphatic rings. The Morgan fingerprint density at radius 1 is 0.871 bits per heavy atom. The zero-order valence-corrected chi connectivity index (χ0v) is 16.5. The molecular formula is C24H18O7. The van der Waals surface area contributed by atoms with Gasteiger partial charge in [-0.3, -0.25) is 0 Å². The predicted molar refractivity (Wildman–Crippen MR) is 112 cm³/mol. The van der Waals surface area contributed by atoms with Crippen LogP contribution in [-0.4, -0.2) is 12.6 Å². The number of ether oxygens (including phenoxy) is 2. The van der Waals surface area contributed by atoms with Crippen LogP contribution < -0.4 is 16.0 Å². The van der Waals surface area contributed by atoms with Crippen LogP contribution in [0.4, 0.5) is 0 Å². The molecular weight excluding hydrogens is 400 g/mol. The molecule has 0 saturated carbocycles. The zero-order valence-electron chi connectivity index (χ0n) is 16.5. The largest absolute Gasteiger partial charge is 0.482 e. The molecule has 0 radical (unpaired) electrons. The smallest absolute Gasteiger partial charge is 0.344 e. The lowest BCUT2D eigenvalue weighted by molar-refractivity contribution is -0.147. The van der Waals surface area contributed by atoms with Crippen molar-refractivity contribution in [1.82, 2.24) is 0 Å². The first-order valence-electron chi connectivity index (χ1n) is 9.96. The molecule has 156 valence electrons. The van der Waals surface area contributed by atoms with Crippen LogP contribution >= 0.6 is 0 Å². The van der Waals surface area contributed by atoms with E-state index in [9.17, 15) is 14.4 Å². The van der Waals surface area contributed by atoms with Gasteiger partial charge < -0.3 is 18.3 Å². The van der Waals surface area contributed by atoms with Crippen molar-refractivity contribution in [2.24, 2.45) is 0 Å². The monoisotopic (exact) mass is 418 g/mol. The zero-order chi connectivity index (χ0) is 21.4. The second-order valence-electron chi connectivity index (χ2n) is 7.46. The Labute approximate surface area is 175 Å². The maximum absolute atomic E-state index is 12.2. The second kappa shape index (κ2) is 7.75. The number of hydrogen-bond donors (Lipinski definition) is 0. The van der Waals surface area contributed by atoms with Crippen molar-refractivity contribution in [3.05, 3.63) is 86.1 Å². The van der Waals surface area contributed by atoms with E-state index >= 15 is 0 Å². The van der Waals surface area contributed by atoms with Gasteiger partial charge in [-0.15, -0.1) is 0 Å². The topological polar surface area (TPSA) is 96.0 Å². The van der Waals surface area contributed by atoms with Gasteiger partial charge in [0.2, 0.25) is 0 Å². The van der Waals surface area contributed by atoms with Crippen LogP contribution in [0.5, 0.6) is 5.75 Å². The van der Waals surface area contributed by atoms with Gasteiger partial charge in [0, 0.05) is 34.5 Å². The molecule has 2 heterocycles. The predicted octanol–water partition coefficient (Wildman–Crippen LogP) is 3.51. The Kier molecular flexibility index (Phi) is 4.78. The molecule has 0 unspecified atom stereocenters. The van der Waals surface area contributed by atoms with Gasteiger partial charge in [-0.1, -0.05) is 0 Å². The molecule has 2 aromatic carbocycles. The first kappa shape index (κ1) is 19.1. The quantitative estimate of drug-likeness (QED) is 0.361. The van der Waals surface area contributed by atoms with Crippen molar-refractivity contribution < 1.29 is 23.1 Å². The molecule has 31 heavy (non-hydrogen) atoms. The van der Waals surface area contributed by atoms with E-state index in [2.05, 4.69) is 0 Å². The molecule has 0 atom stereocenters. The number of fused-ring (bicyclic) bond motifs is 3. The molecule has 0 spiro atoms. The number of hydrogen-bond acceptors (Lipinski definition) is 7. The van der Waals surface area contributed by atoms with Crippen LogP contribution in [-0.2, 0) is 29.0 Å². The van der Waals surface area contributed by atoms with E-state index in [-0.39, 0.29) is 13.2 Å². The van der Waals surface area contributed by atoms with Crippen molar-refractivity contribution in [1.29, 1.82) is 0 Å². The van der Waals surface area contributed by atoms with Crippen molar-refractivity contribution in [2.45, 2.75) is 25.9 Å². The third-order valence-electron chi connectivity index (χ3n) is 5.38. The highest BCUT2D eigenvalue weighted by molar-refractivity contribution is 5.82. The molecule has 0 amide bonds. The summed E-state index contributed by atoms with van der Waals surface area (Å²) in [6.07, 6.45) is 3.04. The molecule has 7 nitrogen and oxygen atoms in total. The number of rotatable bonds is 5. The summed E-state index contributed by atoms with van der Waals surface area (Å²) in [6.45, 7) is -0.382. The Bertz CT molecular complexity index is 1430. The molecule has 0 bridgehead atoms. The molecule has 0 aliphatic heterocycles. The van der Waals surface area contributed by atoms with Gasteiger partial charge in [-0.05, 0) is 60.7 Å². The van der Waals surface area contributed by atoms with E-state index in [0.717, 1.165) is 30.0 Å². The van der Waals surface area contributed by atoms with Gasteiger partial charge in [-0.2, -0.15) is 0 Å². The van der Waals surface area contributed by atoms with Crippen LogP contribution in [0.1, 0.15) is 23.1 Å². The minimum atomic E-state index is -0.586. The van der Waals surface area contributed by atoms with Crippen LogP contribution in [0.25, 0.3) is 21.9 Å². The normalized spacial score (nSPS) is 12.8. The third-order valence-corrected chi connectivity index (χ3v) is 5.38. The van der Waals surface area contributed by atoms with E-state index < -0.39 is 17.2 Å². The molecule has 0 saturated heterocycles. The molecule has 4 aromatic rings. The number of benzene rings is 2. The fraction of sp³-hybridized carbons (Fsp3) is 0.208. The average Bonchev–Trinajstić information content (AvgIpc) is 3.21. The molecule has 1 aliphatic carbocycles. The van der Waals surface area contributed by atoms with Gasteiger partial charge in [0.15, 0.2) is 6.61 Å². The van der Waals surface area contributed by atoms with E-state index in [1.54, 1.807) is 24.3 Å². The van der Waals surface area contributed by atoms with Crippen LogP contribution in [0, 0.1) is 0 Å². The van der Waals surface area contributed by atoms with Crippen LogP contribution in [0.3, 0.4) is 0 Å². The number of carbonyl (C=O) groups excluding carboxylic acids is 1. The summed E-state index contributed by atoms with van der Waals surface area (Å²) >= 11 is 0. The van der Waals surface area contributed by atoms with Crippen LogP contribution in [0.2, 0.25) is 0 Å². The number of esters is 1. The standard InChI is InChI=1S/C24H18O7/c25-22-7-5-14-4-6-18(11-20(14)30-22)28-13-24(27)29-12-17-10-23(26)31-21-9-16-3-1-2-15(16)8-19(17)21/h4-11H,1-3,12-13H2. The summed E-state index contributed by atoms with van der Waals surface area (Å²) in [4.78, 5) is 35.5. The van der Waals surface area contributed by atoms with E-state index in [0.29, 0.717) is 22.5 Å². The number of aryl methyl sites for hydroxylation is 2. The first-order valence-corrected chi connectivity index (χ1v) is 9.96. The first-order chi connectivity index (χ1) is 15.0. The van der Waals surface area contributed by atoms with Gasteiger partial charge in [0.05, 0.1) is 0 Å². The minimum absolute atomic E-state index is 0.0598. The highest BCUT2D eigenvalue weighted by atomic mass is 16.6. The molecule has 2 aromatic heterocycles. The van der Waals surface area contributed by atoms with E-state index in [4.69, 9.17) is 18.3 Å². The average molecular weight is 418 g/mol. The molecule has 7 heteroatoms. The number of carbonyl (C=O) groups is 1. The maximum Gasteiger partial charge on any atom is 0.344 e. The van der Waals surface area contributed by atoms with Crippen molar-refractivity contribution in [2.75, 3.05) is 6.61 Å². The van der Waals surface area contributed by atoms with Gasteiger partial charge in [-0.25, -0.2) is 14.4 Å². The molecule has 0 N–H and O–H groups in total. The fourth-order valence-corrected chi connectivity index (χ4v) is 3.89. The fourth-order valence-electron chi connectivity index (χ4n) is 3.89. The van der Waals surface area contributed by atoms with Gasteiger partial charge in [0.25, 0.3) is 0 Å². The lowest BCUT2D eigenvalue weighted by atomic mass is 10.0. The summed E-state index contributed by atoms with van der Waals surface area (Å²) in [5, 5.41) is 1.52. The summed E-state index contributed by atoms with van der Waals surface area (Å²) in [5.74, 6) is -0.211. The highest BCUT2D eigenvalue weighted by Gasteiger charge is 2.16. The lowest BCUT2D eigenvalue weighted by Crippen LogP contribution is -2.15. The second-order valence-corrected chi connectivity index (χ2v) is 7.46. The summed E-state index contributed by atoms with van der Waals surface area (Å²) in [5.41, 5.74) is 2.97. The highest BCUT2D eigenvalue weighted by Crippen LogP contribution is 2.28. The minimum Gasteiger partial charge on any atom is -0.482 e. The van der Waals surface area contributed by atoms with Crippen molar-refractivity contribution >= 4 is 27.9 Å². The third kappa shape index (κ3) is 3.94. The molecule has 0 fully saturated rings. The molecule has 5 rings (SSSR count). The van der Waals surface area contributed by atoms with Crippen molar-refractivity contribution in [3.63, 3.8) is 0 Å². The van der Waals surface area contributed by atoms with E-state index in [1.807, 2.05) is 12.1 Å².